The van der Waals surface area contributed by atoms with Gasteiger partial charge in [0.15, 0.2) is 0 Å². The number of aromatic nitrogens is 1. The van der Waals surface area contributed by atoms with E-state index in [1.165, 1.54) is 12.1 Å². The molecule has 3 aromatic rings. The van der Waals surface area contributed by atoms with Gasteiger partial charge in [-0.15, -0.1) is 11.3 Å². The zero-order valence-corrected chi connectivity index (χ0v) is 17.7. The summed E-state index contributed by atoms with van der Waals surface area (Å²) >= 11 is 5.16. The van der Waals surface area contributed by atoms with Crippen LogP contribution in [0.5, 0.6) is 0 Å². The molecule has 2 aromatic heterocycles. The molecule has 1 aliphatic rings. The van der Waals surface area contributed by atoms with E-state index >= 15 is 0 Å². The highest BCUT2D eigenvalue weighted by Crippen LogP contribution is 2.33. The van der Waals surface area contributed by atoms with Crippen LogP contribution >= 0.6 is 27.3 Å². The van der Waals surface area contributed by atoms with Crippen molar-refractivity contribution in [3.05, 3.63) is 57.3 Å². The number of carbonyl (C=O) groups excluding carboxylic acids is 1. The minimum atomic E-state index is -0.276. The Kier molecular flexibility index (Phi) is 6.10. The summed E-state index contributed by atoms with van der Waals surface area (Å²) in [6.45, 7) is 5.10. The molecular weight excluding hydrogens is 445 g/mol. The van der Waals surface area contributed by atoms with Gasteiger partial charge in [0.05, 0.1) is 27.9 Å². The van der Waals surface area contributed by atoms with Gasteiger partial charge in [-0.05, 0) is 39.7 Å². The van der Waals surface area contributed by atoms with Crippen LogP contribution in [0.2, 0.25) is 0 Å². The normalized spacial score (nSPS) is 15.2. The third kappa shape index (κ3) is 4.30. The molecule has 1 N–H and O–H groups in total. The Morgan fingerprint density at radius 2 is 2.11 bits per heavy atom. The minimum absolute atomic E-state index is 0.111. The number of rotatable bonds is 6. The molecule has 0 aliphatic carbocycles. The predicted octanol–water partition coefficient (Wildman–Crippen LogP) is 3.71. The van der Waals surface area contributed by atoms with Crippen molar-refractivity contribution >= 4 is 43.4 Å². The monoisotopic (exact) mass is 465 g/mol. The highest BCUT2D eigenvalue weighted by molar-refractivity contribution is 9.10. The smallest absolute Gasteiger partial charge is 0.268 e. The van der Waals surface area contributed by atoms with Crippen LogP contribution in [0.25, 0.3) is 10.2 Å². The summed E-state index contributed by atoms with van der Waals surface area (Å²) in [5, 5.41) is 5.03. The van der Waals surface area contributed by atoms with Gasteiger partial charge in [0.1, 0.15) is 11.5 Å². The van der Waals surface area contributed by atoms with Crippen molar-refractivity contribution in [1.82, 2.24) is 14.8 Å². The zero-order valence-electron chi connectivity index (χ0n) is 15.3. The van der Waals surface area contributed by atoms with Crippen LogP contribution in [0.15, 0.2) is 40.2 Å². The molecule has 1 amide bonds. The van der Waals surface area contributed by atoms with E-state index in [-0.39, 0.29) is 11.7 Å². The molecule has 5 nitrogen and oxygen atoms in total. The van der Waals surface area contributed by atoms with E-state index in [1.807, 2.05) is 22.1 Å². The van der Waals surface area contributed by atoms with Crippen molar-refractivity contribution < 1.29 is 13.9 Å². The van der Waals surface area contributed by atoms with Crippen LogP contribution in [-0.4, -0.2) is 54.8 Å². The third-order valence-corrected chi connectivity index (χ3v) is 6.68. The fourth-order valence-electron chi connectivity index (χ4n) is 3.44. The number of amides is 1. The number of fused-ring (bicyclic) bond motifs is 1. The van der Waals surface area contributed by atoms with E-state index in [0.29, 0.717) is 18.8 Å². The van der Waals surface area contributed by atoms with Gasteiger partial charge in [-0.3, -0.25) is 9.69 Å². The van der Waals surface area contributed by atoms with Crippen molar-refractivity contribution in [2.45, 2.75) is 6.54 Å². The summed E-state index contributed by atoms with van der Waals surface area (Å²) in [7, 11) is 0. The Labute approximate surface area is 175 Å². The molecule has 0 radical (unpaired) electrons. The number of thiophene rings is 1. The van der Waals surface area contributed by atoms with Crippen molar-refractivity contribution in [3.8, 4) is 0 Å². The molecule has 3 heterocycles. The van der Waals surface area contributed by atoms with Crippen LogP contribution in [0, 0.1) is 5.82 Å². The molecular formula is C20H21BrFN3O2S. The number of nitrogens with zero attached hydrogens (tertiary/aromatic N) is 2. The summed E-state index contributed by atoms with van der Waals surface area (Å²) < 4.78 is 22.9. The van der Waals surface area contributed by atoms with Crippen LogP contribution in [0.4, 0.5) is 4.39 Å². The first-order valence-electron chi connectivity index (χ1n) is 9.21. The van der Waals surface area contributed by atoms with E-state index in [4.69, 9.17) is 4.74 Å². The maximum absolute atomic E-state index is 13.6. The summed E-state index contributed by atoms with van der Waals surface area (Å²) in [5.74, 6) is -0.387. The second kappa shape index (κ2) is 8.73. The van der Waals surface area contributed by atoms with Gasteiger partial charge in [0.2, 0.25) is 0 Å². The van der Waals surface area contributed by atoms with E-state index in [1.54, 1.807) is 17.4 Å². The van der Waals surface area contributed by atoms with Crippen molar-refractivity contribution in [2.75, 3.05) is 39.4 Å². The number of nitrogens with one attached hydrogen (secondary N) is 1. The lowest BCUT2D eigenvalue weighted by Gasteiger charge is -2.26. The molecule has 1 saturated heterocycles. The molecule has 0 saturated carbocycles. The second-order valence-electron chi connectivity index (χ2n) is 6.75. The predicted molar refractivity (Wildman–Crippen MR) is 113 cm³/mol. The quantitative estimate of drug-likeness (QED) is 0.603. The van der Waals surface area contributed by atoms with Gasteiger partial charge >= 0.3 is 0 Å². The summed E-state index contributed by atoms with van der Waals surface area (Å²) in [4.78, 5) is 15.2. The Morgan fingerprint density at radius 1 is 1.29 bits per heavy atom. The maximum atomic E-state index is 13.6. The number of morpholine rings is 1. The van der Waals surface area contributed by atoms with Crippen molar-refractivity contribution in [2.24, 2.45) is 0 Å². The highest BCUT2D eigenvalue weighted by atomic mass is 79.9. The highest BCUT2D eigenvalue weighted by Gasteiger charge is 2.19. The lowest BCUT2D eigenvalue weighted by molar-refractivity contribution is 0.0383. The number of benzene rings is 1. The largest absolute Gasteiger partial charge is 0.379 e. The van der Waals surface area contributed by atoms with Crippen molar-refractivity contribution in [1.29, 1.82) is 0 Å². The lowest BCUT2D eigenvalue weighted by Crippen LogP contribution is -2.41. The van der Waals surface area contributed by atoms with Gasteiger partial charge in [-0.1, -0.05) is 12.1 Å². The Hall–Kier alpha value is -1.74. The number of halogens is 2. The molecule has 28 heavy (non-hydrogen) atoms. The Balaban J connectivity index is 1.53. The first-order valence-corrected chi connectivity index (χ1v) is 10.9. The second-order valence-corrected chi connectivity index (χ2v) is 8.52. The summed E-state index contributed by atoms with van der Waals surface area (Å²) in [6, 6.07) is 8.40. The molecule has 1 fully saturated rings. The van der Waals surface area contributed by atoms with Crippen LogP contribution < -0.4 is 5.32 Å². The molecule has 4 rings (SSSR count). The maximum Gasteiger partial charge on any atom is 0.268 e. The Morgan fingerprint density at radius 3 is 2.89 bits per heavy atom. The number of carbonyl (C=O) groups is 1. The lowest BCUT2D eigenvalue weighted by atomic mass is 10.2. The van der Waals surface area contributed by atoms with Gasteiger partial charge < -0.3 is 14.6 Å². The third-order valence-electron chi connectivity index (χ3n) is 4.86. The number of hydrogen-bond acceptors (Lipinski definition) is 4. The zero-order chi connectivity index (χ0) is 19.5. The van der Waals surface area contributed by atoms with Gasteiger partial charge in [0, 0.05) is 38.1 Å². The first kappa shape index (κ1) is 19.6. The molecule has 0 spiro atoms. The van der Waals surface area contributed by atoms with Gasteiger partial charge in [-0.25, -0.2) is 4.39 Å². The van der Waals surface area contributed by atoms with Gasteiger partial charge in [0.25, 0.3) is 5.91 Å². The summed E-state index contributed by atoms with van der Waals surface area (Å²) in [5.41, 5.74) is 2.37. The van der Waals surface area contributed by atoms with Gasteiger partial charge in [-0.2, -0.15) is 0 Å². The molecule has 0 atom stereocenters. The first-order chi connectivity index (χ1) is 13.6. The van der Waals surface area contributed by atoms with E-state index in [2.05, 4.69) is 26.1 Å². The summed E-state index contributed by atoms with van der Waals surface area (Å²) in [6.07, 6.45) is 0. The molecule has 8 heteroatoms. The number of hydrogen-bond donors (Lipinski definition) is 1. The molecule has 0 unspecified atom stereocenters. The van der Waals surface area contributed by atoms with Crippen LogP contribution in [-0.2, 0) is 11.3 Å². The molecule has 148 valence electrons. The van der Waals surface area contributed by atoms with Crippen LogP contribution in [0.3, 0.4) is 0 Å². The number of ether oxygens (including phenoxy) is 1. The SMILES string of the molecule is O=C(NCCN1CCOCC1)c1cc2scc(Br)c2n1Cc1cccc(F)c1. The molecule has 1 aliphatic heterocycles. The minimum Gasteiger partial charge on any atom is -0.379 e. The van der Waals surface area contributed by atoms with Crippen molar-refractivity contribution in [3.63, 3.8) is 0 Å². The van der Waals surface area contributed by atoms with Crippen LogP contribution in [0.1, 0.15) is 16.1 Å². The average Bonchev–Trinajstić information content (AvgIpc) is 3.23. The average molecular weight is 466 g/mol. The fourth-order valence-corrected chi connectivity index (χ4v) is 5.14. The Bertz CT molecular complexity index is 981. The fraction of sp³-hybridized carbons (Fsp3) is 0.350. The van der Waals surface area contributed by atoms with E-state index in [0.717, 1.165) is 53.1 Å². The standard InChI is InChI=1S/C20H21BrFN3O2S/c21-16-13-28-18-11-17(20(26)23-4-5-24-6-8-27-9-7-24)25(19(16)18)12-14-2-1-3-15(22)10-14/h1-3,10-11,13H,4-9,12H2,(H,23,26). The topological polar surface area (TPSA) is 46.5 Å². The molecule has 1 aromatic carbocycles. The van der Waals surface area contributed by atoms with E-state index in [9.17, 15) is 9.18 Å². The van der Waals surface area contributed by atoms with E-state index < -0.39 is 0 Å². The molecule has 0 bridgehead atoms.